The third-order valence-corrected chi connectivity index (χ3v) is 3.58. The normalized spacial score (nSPS) is 30.9. The Kier molecular flexibility index (Phi) is 3.23. The summed E-state index contributed by atoms with van der Waals surface area (Å²) in [6.45, 7) is 6.78. The number of carbonyl (C=O) groups is 1. The van der Waals surface area contributed by atoms with E-state index in [-0.39, 0.29) is 11.9 Å². The van der Waals surface area contributed by atoms with Gasteiger partial charge in [-0.3, -0.25) is 14.7 Å². The lowest BCUT2D eigenvalue weighted by Gasteiger charge is -2.27. The molecule has 2 heterocycles. The van der Waals surface area contributed by atoms with E-state index >= 15 is 0 Å². The lowest BCUT2D eigenvalue weighted by molar-refractivity contribution is -0.122. The molecule has 2 aliphatic heterocycles. The fourth-order valence-electron chi connectivity index (χ4n) is 2.37. The Hall–Kier alpha value is -0.940. The summed E-state index contributed by atoms with van der Waals surface area (Å²) in [6.07, 6.45) is 1.16. The zero-order valence-electron chi connectivity index (χ0n) is 11.2. The second-order valence-electron chi connectivity index (χ2n) is 5.62. The van der Waals surface area contributed by atoms with Gasteiger partial charge in [-0.05, 0) is 47.5 Å². The SMILES string of the molecule is CN1CCCN(C)C(C2=NC(C)(C)C(=O)N2)C1. The maximum Gasteiger partial charge on any atom is 0.252 e. The molecular weight excluding hydrogens is 216 g/mol. The summed E-state index contributed by atoms with van der Waals surface area (Å²) >= 11 is 0. The number of amidine groups is 1. The molecule has 1 fully saturated rings. The van der Waals surface area contributed by atoms with Gasteiger partial charge in [-0.2, -0.15) is 0 Å². The first-order chi connectivity index (χ1) is 7.90. The molecule has 1 amide bonds. The van der Waals surface area contributed by atoms with Gasteiger partial charge in [0.1, 0.15) is 11.4 Å². The molecule has 0 aromatic heterocycles. The van der Waals surface area contributed by atoms with E-state index in [4.69, 9.17) is 0 Å². The van der Waals surface area contributed by atoms with E-state index in [9.17, 15) is 4.79 Å². The predicted octanol–water partition coefficient (Wildman–Crippen LogP) is -0.0708. The van der Waals surface area contributed by atoms with Crippen LogP contribution in [0.2, 0.25) is 0 Å². The highest BCUT2D eigenvalue weighted by atomic mass is 16.2. The summed E-state index contributed by atoms with van der Waals surface area (Å²) in [5.74, 6) is 0.837. The van der Waals surface area contributed by atoms with Gasteiger partial charge in [-0.1, -0.05) is 0 Å². The Morgan fingerprint density at radius 2 is 2.06 bits per heavy atom. The van der Waals surface area contributed by atoms with Crippen LogP contribution in [0.25, 0.3) is 0 Å². The minimum absolute atomic E-state index is 0.00722. The van der Waals surface area contributed by atoms with E-state index in [2.05, 4.69) is 34.2 Å². The van der Waals surface area contributed by atoms with Crippen molar-refractivity contribution in [2.75, 3.05) is 33.7 Å². The summed E-state index contributed by atoms with van der Waals surface area (Å²) in [5, 5.41) is 2.94. The van der Waals surface area contributed by atoms with E-state index in [1.807, 2.05) is 13.8 Å². The third-order valence-electron chi connectivity index (χ3n) is 3.58. The van der Waals surface area contributed by atoms with Crippen molar-refractivity contribution >= 4 is 11.7 Å². The Morgan fingerprint density at radius 3 is 2.65 bits per heavy atom. The van der Waals surface area contributed by atoms with Gasteiger partial charge in [-0.25, -0.2) is 0 Å². The zero-order valence-corrected chi connectivity index (χ0v) is 11.2. The number of nitrogens with zero attached hydrogens (tertiary/aromatic N) is 3. The number of aliphatic imine (C=N–C) groups is 1. The Balaban J connectivity index is 2.18. The van der Waals surface area contributed by atoms with Crippen molar-refractivity contribution < 1.29 is 4.79 Å². The summed E-state index contributed by atoms with van der Waals surface area (Å²) in [4.78, 5) is 20.9. The van der Waals surface area contributed by atoms with Crippen LogP contribution in [-0.2, 0) is 4.79 Å². The fourth-order valence-corrected chi connectivity index (χ4v) is 2.37. The summed E-state index contributed by atoms with van der Waals surface area (Å²) in [5.41, 5.74) is -0.610. The fraction of sp³-hybridized carbons (Fsp3) is 0.833. The Morgan fingerprint density at radius 1 is 1.35 bits per heavy atom. The van der Waals surface area contributed by atoms with Crippen molar-refractivity contribution in [3.05, 3.63) is 0 Å². The maximum atomic E-state index is 11.8. The molecule has 5 heteroatoms. The molecular formula is C12H22N4O. The maximum absolute atomic E-state index is 11.8. The van der Waals surface area contributed by atoms with Gasteiger partial charge in [0.25, 0.3) is 5.91 Å². The van der Waals surface area contributed by atoms with Crippen LogP contribution in [0.5, 0.6) is 0 Å². The molecule has 0 aromatic carbocycles. The topological polar surface area (TPSA) is 47.9 Å². The molecule has 17 heavy (non-hydrogen) atoms. The van der Waals surface area contributed by atoms with E-state index in [1.54, 1.807) is 0 Å². The zero-order chi connectivity index (χ0) is 12.6. The number of nitrogens with one attached hydrogen (secondary N) is 1. The van der Waals surface area contributed by atoms with Gasteiger partial charge in [0.2, 0.25) is 0 Å². The minimum Gasteiger partial charge on any atom is -0.311 e. The van der Waals surface area contributed by atoms with E-state index < -0.39 is 5.54 Å². The Labute approximate surface area is 103 Å². The molecule has 5 nitrogen and oxygen atoms in total. The lowest BCUT2D eigenvalue weighted by Crippen LogP contribution is -2.48. The number of amides is 1. The van der Waals surface area contributed by atoms with Gasteiger partial charge >= 0.3 is 0 Å². The molecule has 0 bridgehead atoms. The summed E-state index contributed by atoms with van der Waals surface area (Å²) in [6, 6.07) is 0.202. The van der Waals surface area contributed by atoms with E-state index in [1.165, 1.54) is 0 Å². The molecule has 1 unspecified atom stereocenters. The standard InChI is InChI=1S/C12H22N4O/c1-12(2)11(17)13-10(14-12)9-8-15(3)6-5-7-16(9)4/h9H,5-8H2,1-4H3,(H,13,14,17). The monoisotopic (exact) mass is 238 g/mol. The van der Waals surface area contributed by atoms with Crippen LogP contribution in [0.3, 0.4) is 0 Å². The molecule has 96 valence electrons. The average molecular weight is 238 g/mol. The number of rotatable bonds is 1. The molecule has 0 radical (unpaired) electrons. The molecule has 0 aromatic rings. The Bertz CT molecular complexity index is 350. The molecule has 0 spiro atoms. The molecule has 1 atom stereocenters. The van der Waals surface area contributed by atoms with Crippen molar-refractivity contribution in [2.45, 2.75) is 31.8 Å². The van der Waals surface area contributed by atoms with Crippen LogP contribution in [0.15, 0.2) is 4.99 Å². The van der Waals surface area contributed by atoms with Gasteiger partial charge in [0.15, 0.2) is 0 Å². The van der Waals surface area contributed by atoms with Crippen molar-refractivity contribution in [2.24, 2.45) is 4.99 Å². The third kappa shape index (κ3) is 2.50. The largest absolute Gasteiger partial charge is 0.311 e. The first-order valence-electron chi connectivity index (χ1n) is 6.20. The van der Waals surface area contributed by atoms with Crippen molar-refractivity contribution in [1.82, 2.24) is 15.1 Å². The van der Waals surface area contributed by atoms with Gasteiger partial charge in [0.05, 0.1) is 6.04 Å². The summed E-state index contributed by atoms with van der Waals surface area (Å²) < 4.78 is 0. The molecule has 2 aliphatic rings. The van der Waals surface area contributed by atoms with Crippen LogP contribution in [0.4, 0.5) is 0 Å². The van der Waals surface area contributed by atoms with E-state index in [0.717, 1.165) is 31.9 Å². The summed E-state index contributed by atoms with van der Waals surface area (Å²) in [7, 11) is 4.22. The van der Waals surface area contributed by atoms with Crippen LogP contribution in [0, 0.1) is 0 Å². The van der Waals surface area contributed by atoms with Crippen LogP contribution in [-0.4, -0.2) is 66.9 Å². The molecule has 1 saturated heterocycles. The lowest BCUT2D eigenvalue weighted by atomic mass is 10.1. The smallest absolute Gasteiger partial charge is 0.252 e. The highest BCUT2D eigenvalue weighted by Gasteiger charge is 2.38. The molecule has 2 rings (SSSR count). The number of hydrogen-bond donors (Lipinski definition) is 1. The average Bonchev–Trinajstić information content (AvgIpc) is 2.40. The highest BCUT2D eigenvalue weighted by Crippen LogP contribution is 2.18. The second kappa shape index (κ2) is 4.38. The van der Waals surface area contributed by atoms with E-state index in [0.29, 0.717) is 0 Å². The molecule has 0 saturated carbocycles. The first-order valence-corrected chi connectivity index (χ1v) is 6.20. The first kappa shape index (κ1) is 12.5. The van der Waals surface area contributed by atoms with Crippen LogP contribution in [0.1, 0.15) is 20.3 Å². The van der Waals surface area contributed by atoms with Gasteiger partial charge in [-0.15, -0.1) is 0 Å². The van der Waals surface area contributed by atoms with Crippen LogP contribution >= 0.6 is 0 Å². The number of likely N-dealkylation sites (N-methyl/N-ethyl adjacent to an activating group) is 2. The quantitative estimate of drug-likeness (QED) is 0.695. The molecule has 0 aliphatic carbocycles. The minimum atomic E-state index is -0.610. The van der Waals surface area contributed by atoms with Crippen LogP contribution < -0.4 is 5.32 Å². The number of carbonyl (C=O) groups excluding carboxylic acids is 1. The number of hydrogen-bond acceptors (Lipinski definition) is 4. The van der Waals surface area contributed by atoms with Gasteiger partial charge in [0, 0.05) is 6.54 Å². The second-order valence-corrected chi connectivity index (χ2v) is 5.62. The van der Waals surface area contributed by atoms with Gasteiger partial charge < -0.3 is 10.2 Å². The molecule has 1 N–H and O–H groups in total. The highest BCUT2D eigenvalue weighted by molar-refractivity contribution is 6.09. The van der Waals surface area contributed by atoms with Crippen molar-refractivity contribution in [3.63, 3.8) is 0 Å². The predicted molar refractivity (Wildman–Crippen MR) is 68.2 cm³/mol. The van der Waals surface area contributed by atoms with Crippen molar-refractivity contribution in [3.8, 4) is 0 Å². The van der Waals surface area contributed by atoms with Crippen molar-refractivity contribution in [1.29, 1.82) is 0 Å².